The molecule has 9 rings (SSSR count). The quantitative estimate of drug-likeness (QED) is 0.222. The van der Waals surface area contributed by atoms with Crippen LogP contribution in [0.3, 0.4) is 0 Å². The summed E-state index contributed by atoms with van der Waals surface area (Å²) in [6, 6.07) is 32.1. The number of fused-ring (bicyclic) bond motifs is 9. The van der Waals surface area contributed by atoms with E-state index in [1.165, 1.54) is 22.3 Å². The molecule has 4 heterocycles. The molecule has 8 aromatic rings. The first-order chi connectivity index (χ1) is 20.6. The number of furan rings is 2. The largest absolute Gasteiger partial charge is 0.456 e. The average molecular weight is 544 g/mol. The van der Waals surface area contributed by atoms with Crippen molar-refractivity contribution in [3.63, 3.8) is 0 Å². The second-order valence-electron chi connectivity index (χ2n) is 11.5. The second-order valence-corrected chi connectivity index (χ2v) is 11.5. The number of benzene rings is 4. The van der Waals surface area contributed by atoms with E-state index < -0.39 is 0 Å². The lowest BCUT2D eigenvalue weighted by Gasteiger charge is -2.28. The molecule has 0 spiro atoms. The molecule has 0 aliphatic heterocycles. The van der Waals surface area contributed by atoms with Crippen molar-refractivity contribution in [3.05, 3.63) is 127 Å². The van der Waals surface area contributed by atoms with Crippen LogP contribution >= 0.6 is 0 Å². The molecular weight excluding hydrogens is 518 g/mol. The number of nitrogens with zero attached hydrogens (tertiary/aromatic N) is 3. The van der Waals surface area contributed by atoms with Gasteiger partial charge in [-0.1, -0.05) is 50.2 Å². The molecule has 5 heteroatoms. The van der Waals surface area contributed by atoms with Crippen molar-refractivity contribution in [3.8, 4) is 11.1 Å². The van der Waals surface area contributed by atoms with Crippen molar-refractivity contribution in [2.75, 3.05) is 4.90 Å². The third-order valence-electron chi connectivity index (χ3n) is 8.86. The molecule has 1 aliphatic rings. The lowest BCUT2D eigenvalue weighted by molar-refractivity contribution is 0.660. The van der Waals surface area contributed by atoms with Crippen LogP contribution in [0.2, 0.25) is 0 Å². The number of hydrogen-bond donors (Lipinski definition) is 0. The summed E-state index contributed by atoms with van der Waals surface area (Å²) in [5, 5.41) is 4.12. The summed E-state index contributed by atoms with van der Waals surface area (Å²) in [6.45, 7) is 4.63. The van der Waals surface area contributed by atoms with Gasteiger partial charge in [0, 0.05) is 80.8 Å². The number of anilines is 3. The van der Waals surface area contributed by atoms with Gasteiger partial charge < -0.3 is 13.7 Å². The predicted octanol–water partition coefficient (Wildman–Crippen LogP) is 10.1. The van der Waals surface area contributed by atoms with Gasteiger partial charge in [0.05, 0.1) is 5.69 Å². The summed E-state index contributed by atoms with van der Waals surface area (Å²) in [5.41, 5.74) is 11.5. The molecule has 0 bridgehead atoms. The standard InChI is InChI=1S/C37H25N3O2/c1-37(2)29-7-4-3-6-26(29)36-30(37)8-5-9-31(36)40(22-10-12-24-27-20-38-16-14-32(27)41-34(24)18-22)23-11-13-25-28-21-39-17-15-33(28)42-35(25)19-23/h3-21H,1-2H3. The Morgan fingerprint density at radius 2 is 1.17 bits per heavy atom. The molecule has 0 N–H and O–H groups in total. The minimum Gasteiger partial charge on any atom is -0.456 e. The highest BCUT2D eigenvalue weighted by Gasteiger charge is 2.37. The predicted molar refractivity (Wildman–Crippen MR) is 169 cm³/mol. The first kappa shape index (κ1) is 23.3. The molecule has 0 amide bonds. The highest BCUT2D eigenvalue weighted by molar-refractivity contribution is 6.08. The van der Waals surface area contributed by atoms with Gasteiger partial charge in [-0.3, -0.25) is 9.97 Å². The molecule has 4 aromatic carbocycles. The maximum Gasteiger partial charge on any atom is 0.138 e. The van der Waals surface area contributed by atoms with E-state index in [9.17, 15) is 0 Å². The lowest BCUT2D eigenvalue weighted by Crippen LogP contribution is -2.16. The molecule has 200 valence electrons. The van der Waals surface area contributed by atoms with Crippen LogP contribution in [-0.4, -0.2) is 9.97 Å². The van der Waals surface area contributed by atoms with Crippen LogP contribution < -0.4 is 4.90 Å². The highest BCUT2D eigenvalue weighted by atomic mass is 16.3. The summed E-state index contributed by atoms with van der Waals surface area (Å²) in [5.74, 6) is 0. The van der Waals surface area contributed by atoms with Crippen molar-refractivity contribution in [1.29, 1.82) is 0 Å². The van der Waals surface area contributed by atoms with Crippen molar-refractivity contribution < 1.29 is 8.83 Å². The Labute approximate surface area is 241 Å². The van der Waals surface area contributed by atoms with E-state index in [1.54, 1.807) is 12.4 Å². The van der Waals surface area contributed by atoms with Crippen LogP contribution in [0.25, 0.3) is 55.0 Å². The zero-order valence-electron chi connectivity index (χ0n) is 23.1. The van der Waals surface area contributed by atoms with Crippen molar-refractivity contribution in [2.45, 2.75) is 19.3 Å². The maximum absolute atomic E-state index is 6.31. The summed E-state index contributed by atoms with van der Waals surface area (Å²) < 4.78 is 12.6. The molecule has 0 saturated heterocycles. The Bertz CT molecular complexity index is 2250. The average Bonchev–Trinajstić information content (AvgIpc) is 3.65. The van der Waals surface area contributed by atoms with Gasteiger partial charge >= 0.3 is 0 Å². The first-order valence-corrected chi connectivity index (χ1v) is 14.1. The molecule has 0 atom stereocenters. The second kappa shape index (κ2) is 8.30. The minimum absolute atomic E-state index is 0.112. The number of aromatic nitrogens is 2. The van der Waals surface area contributed by atoms with Crippen LogP contribution in [0, 0.1) is 0 Å². The SMILES string of the molecule is CC1(C)c2ccccc2-c2c(N(c3ccc4c(c3)oc3ccncc34)c3ccc4c(c3)oc3ccncc34)cccc21. The van der Waals surface area contributed by atoms with E-state index in [-0.39, 0.29) is 5.41 Å². The fourth-order valence-electron chi connectivity index (χ4n) is 6.85. The topological polar surface area (TPSA) is 55.3 Å². The number of pyridine rings is 2. The van der Waals surface area contributed by atoms with Crippen LogP contribution in [0.4, 0.5) is 17.1 Å². The molecule has 0 unspecified atom stereocenters. The van der Waals surface area contributed by atoms with Gasteiger partial charge in [-0.05, 0) is 59.2 Å². The van der Waals surface area contributed by atoms with Crippen molar-refractivity contribution in [2.24, 2.45) is 0 Å². The zero-order valence-corrected chi connectivity index (χ0v) is 23.1. The molecule has 0 saturated carbocycles. The van der Waals surface area contributed by atoms with Crippen molar-refractivity contribution in [1.82, 2.24) is 9.97 Å². The lowest BCUT2D eigenvalue weighted by atomic mass is 9.82. The van der Waals surface area contributed by atoms with E-state index in [2.05, 4.69) is 108 Å². The molecule has 0 fully saturated rings. The van der Waals surface area contributed by atoms with E-state index in [0.717, 1.165) is 60.9 Å². The summed E-state index contributed by atoms with van der Waals surface area (Å²) in [6.07, 6.45) is 7.27. The first-order valence-electron chi connectivity index (χ1n) is 14.1. The Kier molecular flexibility index (Phi) is 4.61. The summed E-state index contributed by atoms with van der Waals surface area (Å²) in [4.78, 5) is 11.0. The Balaban J connectivity index is 1.33. The van der Waals surface area contributed by atoms with E-state index >= 15 is 0 Å². The smallest absolute Gasteiger partial charge is 0.138 e. The molecule has 4 aromatic heterocycles. The number of rotatable bonds is 3. The van der Waals surface area contributed by atoms with Gasteiger partial charge in [-0.25, -0.2) is 0 Å². The zero-order chi connectivity index (χ0) is 28.0. The molecule has 1 aliphatic carbocycles. The monoisotopic (exact) mass is 543 g/mol. The molecule has 5 nitrogen and oxygen atoms in total. The van der Waals surface area contributed by atoms with Gasteiger partial charge in [-0.2, -0.15) is 0 Å². The third-order valence-corrected chi connectivity index (χ3v) is 8.86. The van der Waals surface area contributed by atoms with Crippen LogP contribution in [0.5, 0.6) is 0 Å². The fourth-order valence-corrected chi connectivity index (χ4v) is 6.85. The van der Waals surface area contributed by atoms with E-state index in [0.29, 0.717) is 0 Å². The fraction of sp³-hybridized carbons (Fsp3) is 0.0811. The normalized spacial score (nSPS) is 13.7. The molecular formula is C37H25N3O2. The number of hydrogen-bond acceptors (Lipinski definition) is 5. The van der Waals surface area contributed by atoms with Gasteiger partial charge in [-0.15, -0.1) is 0 Å². The van der Waals surface area contributed by atoms with Crippen LogP contribution in [-0.2, 0) is 5.41 Å². The maximum atomic E-state index is 6.31. The van der Waals surface area contributed by atoms with Gasteiger partial charge in [0.1, 0.15) is 22.3 Å². The van der Waals surface area contributed by atoms with Crippen LogP contribution in [0.1, 0.15) is 25.0 Å². The highest BCUT2D eigenvalue weighted by Crippen LogP contribution is 2.54. The molecule has 0 radical (unpaired) electrons. The van der Waals surface area contributed by atoms with E-state index in [4.69, 9.17) is 8.83 Å². The van der Waals surface area contributed by atoms with E-state index in [1.807, 2.05) is 24.5 Å². The van der Waals surface area contributed by atoms with Gasteiger partial charge in [0.25, 0.3) is 0 Å². The minimum atomic E-state index is -0.112. The Morgan fingerprint density at radius 3 is 1.81 bits per heavy atom. The third kappa shape index (κ3) is 3.13. The van der Waals surface area contributed by atoms with Gasteiger partial charge in [0.2, 0.25) is 0 Å². The van der Waals surface area contributed by atoms with Gasteiger partial charge in [0.15, 0.2) is 0 Å². The van der Waals surface area contributed by atoms with Crippen molar-refractivity contribution >= 4 is 60.9 Å². The molecule has 42 heavy (non-hydrogen) atoms. The Hall–Kier alpha value is -5.42. The Morgan fingerprint density at radius 1 is 0.571 bits per heavy atom. The van der Waals surface area contributed by atoms with Crippen LogP contribution in [0.15, 0.2) is 125 Å². The summed E-state index contributed by atoms with van der Waals surface area (Å²) >= 11 is 0. The summed E-state index contributed by atoms with van der Waals surface area (Å²) in [7, 11) is 0.